The number of hydrogen-bond donors (Lipinski definition) is 2. The van der Waals surface area contributed by atoms with Crippen LogP contribution in [0.3, 0.4) is 0 Å². The molecule has 1 heterocycles. The molecule has 0 radical (unpaired) electrons. The van der Waals surface area contributed by atoms with Crippen molar-refractivity contribution < 1.29 is 15.0 Å². The fourth-order valence-electron chi connectivity index (χ4n) is 4.71. The number of carbonyl (C=O) groups is 1. The van der Waals surface area contributed by atoms with Gasteiger partial charge in [0.25, 0.3) is 0 Å². The summed E-state index contributed by atoms with van der Waals surface area (Å²) in [5, 5.41) is 19.3. The zero-order valence-corrected chi connectivity index (χ0v) is 17.6. The summed E-state index contributed by atoms with van der Waals surface area (Å²) >= 11 is 0. The van der Waals surface area contributed by atoms with E-state index in [9.17, 15) is 15.0 Å². The molecule has 2 unspecified atom stereocenters. The van der Waals surface area contributed by atoms with Crippen LogP contribution in [-0.4, -0.2) is 70.3 Å². The molecule has 2 N–H and O–H groups in total. The molecule has 158 valence electrons. The minimum absolute atomic E-state index is 0.0943. The second kappa shape index (κ2) is 12.0. The van der Waals surface area contributed by atoms with Crippen LogP contribution in [0.4, 0.5) is 0 Å². The predicted molar refractivity (Wildman–Crippen MR) is 110 cm³/mol. The van der Waals surface area contributed by atoms with Gasteiger partial charge >= 0.3 is 0 Å². The van der Waals surface area contributed by atoms with E-state index in [0.29, 0.717) is 18.4 Å². The third kappa shape index (κ3) is 7.35. The lowest BCUT2D eigenvalue weighted by Gasteiger charge is -2.37. The minimum Gasteiger partial charge on any atom is -0.395 e. The van der Waals surface area contributed by atoms with Crippen molar-refractivity contribution in [3.8, 4) is 0 Å². The Morgan fingerprint density at radius 1 is 1.07 bits per heavy atom. The molecule has 1 aliphatic carbocycles. The van der Waals surface area contributed by atoms with Crippen LogP contribution in [-0.2, 0) is 4.79 Å². The fourth-order valence-corrected chi connectivity index (χ4v) is 4.71. The summed E-state index contributed by atoms with van der Waals surface area (Å²) in [6.07, 6.45) is 12.1. The molecule has 1 aliphatic heterocycles. The highest BCUT2D eigenvalue weighted by Gasteiger charge is 2.27. The normalized spacial score (nSPS) is 25.1. The summed E-state index contributed by atoms with van der Waals surface area (Å²) in [7, 11) is 0. The van der Waals surface area contributed by atoms with Crippen LogP contribution in [0, 0.1) is 5.92 Å². The average Bonchev–Trinajstić information content (AvgIpc) is 2.68. The van der Waals surface area contributed by atoms with Crippen molar-refractivity contribution in [2.45, 2.75) is 103 Å². The number of nitrogens with zero attached hydrogens (tertiary/aromatic N) is 2. The van der Waals surface area contributed by atoms with Gasteiger partial charge in [0.15, 0.2) is 0 Å². The quantitative estimate of drug-likeness (QED) is 0.570. The predicted octanol–water partition coefficient (Wildman–Crippen LogP) is 3.18. The molecule has 0 spiro atoms. The Hall–Kier alpha value is -0.650. The van der Waals surface area contributed by atoms with Gasteiger partial charge in [-0.15, -0.1) is 0 Å². The van der Waals surface area contributed by atoms with E-state index >= 15 is 0 Å². The van der Waals surface area contributed by atoms with Crippen LogP contribution in [0.15, 0.2) is 0 Å². The SMILES string of the molecule is CC(C)C(=O)N(CCCCCCN1CCC(O)CC1CO)C1CCCCC1. The van der Waals surface area contributed by atoms with E-state index in [-0.39, 0.29) is 24.7 Å². The molecular weight excluding hydrogens is 340 g/mol. The van der Waals surface area contributed by atoms with Gasteiger partial charge in [0.05, 0.1) is 12.7 Å². The summed E-state index contributed by atoms with van der Waals surface area (Å²) in [6, 6.07) is 0.595. The van der Waals surface area contributed by atoms with E-state index in [1.807, 2.05) is 13.8 Å². The van der Waals surface area contributed by atoms with Gasteiger partial charge in [0.2, 0.25) is 5.91 Å². The summed E-state index contributed by atoms with van der Waals surface area (Å²) in [6.45, 7) is 7.00. The number of aliphatic hydroxyl groups is 2. The zero-order chi connectivity index (χ0) is 19.6. The first-order valence-electron chi connectivity index (χ1n) is 11.4. The molecule has 2 rings (SSSR count). The molecule has 0 aromatic carbocycles. The maximum Gasteiger partial charge on any atom is 0.225 e. The first-order valence-corrected chi connectivity index (χ1v) is 11.4. The number of rotatable bonds is 10. The van der Waals surface area contributed by atoms with Gasteiger partial charge in [-0.1, -0.05) is 46.0 Å². The van der Waals surface area contributed by atoms with Crippen LogP contribution in [0.1, 0.15) is 84.5 Å². The molecule has 27 heavy (non-hydrogen) atoms. The number of unbranched alkanes of at least 4 members (excludes halogenated alkanes) is 3. The van der Waals surface area contributed by atoms with Crippen molar-refractivity contribution in [1.29, 1.82) is 0 Å². The highest BCUT2D eigenvalue weighted by Crippen LogP contribution is 2.24. The Morgan fingerprint density at radius 3 is 2.44 bits per heavy atom. The molecule has 2 fully saturated rings. The molecule has 1 saturated carbocycles. The van der Waals surface area contributed by atoms with E-state index in [1.165, 1.54) is 38.5 Å². The molecule has 2 aliphatic rings. The lowest BCUT2D eigenvalue weighted by Crippen LogP contribution is -2.46. The van der Waals surface area contributed by atoms with Gasteiger partial charge in [-0.3, -0.25) is 9.69 Å². The third-order valence-corrected chi connectivity index (χ3v) is 6.41. The van der Waals surface area contributed by atoms with Crippen molar-refractivity contribution in [3.05, 3.63) is 0 Å². The highest BCUT2D eigenvalue weighted by atomic mass is 16.3. The van der Waals surface area contributed by atoms with E-state index in [4.69, 9.17) is 0 Å². The Balaban J connectivity index is 1.66. The van der Waals surface area contributed by atoms with Crippen LogP contribution in [0.5, 0.6) is 0 Å². The van der Waals surface area contributed by atoms with Crippen molar-refractivity contribution in [2.75, 3.05) is 26.2 Å². The average molecular weight is 383 g/mol. The molecule has 0 aromatic heterocycles. The van der Waals surface area contributed by atoms with Crippen molar-refractivity contribution in [1.82, 2.24) is 9.80 Å². The molecule has 1 saturated heterocycles. The number of piperidine rings is 1. The van der Waals surface area contributed by atoms with Gasteiger partial charge in [-0.2, -0.15) is 0 Å². The highest BCUT2D eigenvalue weighted by molar-refractivity contribution is 5.78. The lowest BCUT2D eigenvalue weighted by molar-refractivity contribution is -0.137. The summed E-state index contributed by atoms with van der Waals surface area (Å²) < 4.78 is 0. The Labute approximate surface area is 166 Å². The summed E-state index contributed by atoms with van der Waals surface area (Å²) in [5.41, 5.74) is 0. The van der Waals surface area contributed by atoms with Crippen LogP contribution in [0.25, 0.3) is 0 Å². The second-order valence-corrected chi connectivity index (χ2v) is 8.94. The van der Waals surface area contributed by atoms with Gasteiger partial charge in [-0.05, 0) is 45.1 Å². The van der Waals surface area contributed by atoms with Gasteiger partial charge in [0.1, 0.15) is 0 Å². The standard InChI is InChI=1S/C22H42N2O3/c1-18(2)22(27)24(19-10-6-5-7-11-19)14-9-4-3-8-13-23-15-12-21(26)16-20(23)17-25/h18-21,25-26H,3-17H2,1-2H3. The van der Waals surface area contributed by atoms with Crippen LogP contribution >= 0.6 is 0 Å². The van der Waals surface area contributed by atoms with E-state index < -0.39 is 0 Å². The van der Waals surface area contributed by atoms with Gasteiger partial charge in [-0.25, -0.2) is 0 Å². The number of amides is 1. The monoisotopic (exact) mass is 382 g/mol. The molecule has 0 bridgehead atoms. The summed E-state index contributed by atoms with van der Waals surface area (Å²) in [4.78, 5) is 17.2. The number of carbonyl (C=O) groups excluding carboxylic acids is 1. The number of aliphatic hydroxyl groups excluding tert-OH is 2. The molecule has 5 nitrogen and oxygen atoms in total. The van der Waals surface area contributed by atoms with Crippen molar-refractivity contribution in [3.63, 3.8) is 0 Å². The smallest absolute Gasteiger partial charge is 0.225 e. The maximum atomic E-state index is 12.6. The topological polar surface area (TPSA) is 64.0 Å². The van der Waals surface area contributed by atoms with Crippen molar-refractivity contribution in [2.24, 2.45) is 5.92 Å². The Morgan fingerprint density at radius 2 is 1.78 bits per heavy atom. The van der Waals surface area contributed by atoms with E-state index in [2.05, 4.69) is 9.80 Å². The summed E-state index contributed by atoms with van der Waals surface area (Å²) in [5.74, 6) is 0.427. The molecule has 2 atom stereocenters. The van der Waals surface area contributed by atoms with Crippen molar-refractivity contribution >= 4 is 5.91 Å². The molecule has 1 amide bonds. The Kier molecular flexibility index (Phi) is 10.1. The fraction of sp³-hybridized carbons (Fsp3) is 0.955. The largest absolute Gasteiger partial charge is 0.395 e. The van der Waals surface area contributed by atoms with Gasteiger partial charge < -0.3 is 15.1 Å². The number of hydrogen-bond acceptors (Lipinski definition) is 4. The van der Waals surface area contributed by atoms with Crippen LogP contribution < -0.4 is 0 Å². The first kappa shape index (κ1) is 22.6. The maximum absolute atomic E-state index is 12.6. The molecule has 5 heteroatoms. The Bertz CT molecular complexity index is 424. The van der Waals surface area contributed by atoms with E-state index in [1.54, 1.807) is 0 Å². The zero-order valence-electron chi connectivity index (χ0n) is 17.6. The van der Waals surface area contributed by atoms with E-state index in [0.717, 1.165) is 45.3 Å². The molecule has 0 aromatic rings. The van der Waals surface area contributed by atoms with Gasteiger partial charge in [0, 0.05) is 31.1 Å². The molecular formula is C22H42N2O3. The first-order chi connectivity index (χ1) is 13.0. The third-order valence-electron chi connectivity index (χ3n) is 6.41. The lowest BCUT2D eigenvalue weighted by atomic mass is 9.93. The number of likely N-dealkylation sites (tertiary alicyclic amines) is 1. The van der Waals surface area contributed by atoms with Crippen LogP contribution in [0.2, 0.25) is 0 Å². The minimum atomic E-state index is -0.248. The second-order valence-electron chi connectivity index (χ2n) is 8.94.